The first-order valence-corrected chi connectivity index (χ1v) is 16.9. The van der Waals surface area contributed by atoms with E-state index in [1.54, 1.807) is 0 Å². The number of hydrogen-bond acceptors (Lipinski definition) is 5. The van der Waals surface area contributed by atoms with Crippen molar-refractivity contribution in [3.63, 3.8) is 0 Å². The summed E-state index contributed by atoms with van der Waals surface area (Å²) in [5, 5.41) is 6.47. The molecule has 238 valence electrons. The SMILES string of the molecule is c1cc(-c2nc(-c3cccc4c3oc3ccccc34)nc(-c3cccc4oc5ccccc5c34)n2)cc(-n2c3ccccc3c3ccccc32)c1. The number of fused-ring (bicyclic) bond motifs is 9. The third kappa shape index (κ3) is 4.20. The van der Waals surface area contributed by atoms with Crippen LogP contribution in [0.15, 0.2) is 167 Å². The second-order valence-electron chi connectivity index (χ2n) is 12.8. The number of para-hydroxylation sites is 5. The molecule has 0 spiro atoms. The molecule has 0 radical (unpaired) electrons. The first-order valence-electron chi connectivity index (χ1n) is 16.9. The van der Waals surface area contributed by atoms with E-state index >= 15 is 0 Å². The van der Waals surface area contributed by atoms with Gasteiger partial charge in [-0.1, -0.05) is 109 Å². The van der Waals surface area contributed by atoms with Gasteiger partial charge in [0.2, 0.25) is 0 Å². The molecule has 11 aromatic rings. The molecule has 0 aliphatic rings. The topological polar surface area (TPSA) is 69.9 Å². The van der Waals surface area contributed by atoms with E-state index < -0.39 is 0 Å². The van der Waals surface area contributed by atoms with Crippen LogP contribution < -0.4 is 0 Å². The van der Waals surface area contributed by atoms with E-state index in [0.29, 0.717) is 17.5 Å². The van der Waals surface area contributed by atoms with Crippen LogP contribution in [0.2, 0.25) is 0 Å². The van der Waals surface area contributed by atoms with Crippen LogP contribution >= 0.6 is 0 Å². The average Bonchev–Trinajstić information content (AvgIpc) is 3.87. The third-order valence-corrected chi connectivity index (χ3v) is 9.87. The molecule has 0 unspecified atom stereocenters. The second-order valence-corrected chi connectivity index (χ2v) is 12.8. The molecular formula is C45H26N4O2. The molecule has 4 aromatic heterocycles. The fraction of sp³-hybridized carbons (Fsp3) is 0. The van der Waals surface area contributed by atoms with Gasteiger partial charge in [-0.3, -0.25) is 0 Å². The predicted octanol–water partition coefficient (Wildman–Crippen LogP) is 11.8. The molecule has 6 heteroatoms. The van der Waals surface area contributed by atoms with E-state index in [4.69, 9.17) is 23.8 Å². The maximum absolute atomic E-state index is 6.48. The van der Waals surface area contributed by atoms with E-state index in [-0.39, 0.29) is 0 Å². The molecule has 0 bridgehead atoms. The number of hydrogen-bond donors (Lipinski definition) is 0. The Balaban J connectivity index is 1.18. The maximum atomic E-state index is 6.48. The highest BCUT2D eigenvalue weighted by atomic mass is 16.3. The molecule has 6 nitrogen and oxygen atoms in total. The summed E-state index contributed by atoms with van der Waals surface area (Å²) >= 11 is 0. The zero-order valence-corrected chi connectivity index (χ0v) is 27.1. The summed E-state index contributed by atoms with van der Waals surface area (Å²) in [6.45, 7) is 0. The lowest BCUT2D eigenvalue weighted by molar-refractivity contribution is 0.668. The zero-order valence-electron chi connectivity index (χ0n) is 27.1. The van der Waals surface area contributed by atoms with E-state index in [1.165, 1.54) is 10.8 Å². The minimum absolute atomic E-state index is 0.534. The van der Waals surface area contributed by atoms with Crippen LogP contribution in [0.1, 0.15) is 0 Å². The van der Waals surface area contributed by atoms with E-state index in [2.05, 4.69) is 102 Å². The average molecular weight is 655 g/mol. The Hall–Kier alpha value is -7.05. The van der Waals surface area contributed by atoms with E-state index in [0.717, 1.165) is 77.3 Å². The van der Waals surface area contributed by atoms with Crippen LogP contribution in [0.5, 0.6) is 0 Å². The highest BCUT2D eigenvalue weighted by Crippen LogP contribution is 2.39. The van der Waals surface area contributed by atoms with Crippen molar-refractivity contribution in [3.8, 4) is 39.9 Å². The van der Waals surface area contributed by atoms with Crippen molar-refractivity contribution < 1.29 is 8.83 Å². The van der Waals surface area contributed by atoms with Gasteiger partial charge in [-0.25, -0.2) is 15.0 Å². The number of nitrogens with zero attached hydrogens (tertiary/aromatic N) is 4. The molecule has 11 rings (SSSR count). The quantitative estimate of drug-likeness (QED) is 0.189. The summed E-state index contributed by atoms with van der Waals surface area (Å²) < 4.78 is 15.1. The Kier molecular flexibility index (Phi) is 5.86. The molecule has 0 saturated heterocycles. The monoisotopic (exact) mass is 654 g/mol. The molecule has 0 N–H and O–H groups in total. The van der Waals surface area contributed by atoms with Gasteiger partial charge in [0.15, 0.2) is 17.5 Å². The fourth-order valence-electron chi connectivity index (χ4n) is 7.61. The second kappa shape index (κ2) is 10.7. The summed E-state index contributed by atoms with van der Waals surface area (Å²) in [5.41, 5.74) is 9.03. The normalized spacial score (nSPS) is 11.9. The van der Waals surface area contributed by atoms with Gasteiger partial charge in [0.1, 0.15) is 22.3 Å². The Bertz CT molecular complexity index is 3110. The first-order chi connectivity index (χ1) is 25.3. The smallest absolute Gasteiger partial charge is 0.167 e. The Morgan fingerprint density at radius 2 is 0.941 bits per heavy atom. The molecule has 51 heavy (non-hydrogen) atoms. The van der Waals surface area contributed by atoms with Crippen LogP contribution in [-0.4, -0.2) is 19.5 Å². The molecule has 0 aliphatic heterocycles. The highest BCUT2D eigenvalue weighted by Gasteiger charge is 2.21. The summed E-state index contributed by atoms with van der Waals surface area (Å²) in [5.74, 6) is 1.66. The highest BCUT2D eigenvalue weighted by molar-refractivity contribution is 6.13. The van der Waals surface area contributed by atoms with Gasteiger partial charge in [0.25, 0.3) is 0 Å². The van der Waals surface area contributed by atoms with Crippen molar-refractivity contribution >= 4 is 65.7 Å². The third-order valence-electron chi connectivity index (χ3n) is 9.87. The number of rotatable bonds is 4. The van der Waals surface area contributed by atoms with Crippen molar-refractivity contribution in [1.82, 2.24) is 19.5 Å². The van der Waals surface area contributed by atoms with Gasteiger partial charge < -0.3 is 13.4 Å². The van der Waals surface area contributed by atoms with Gasteiger partial charge >= 0.3 is 0 Å². The van der Waals surface area contributed by atoms with Gasteiger partial charge in [0, 0.05) is 49.1 Å². The first kappa shape index (κ1) is 27.9. The Morgan fingerprint density at radius 1 is 0.392 bits per heavy atom. The molecule has 4 heterocycles. The molecule has 0 fully saturated rings. The molecular weight excluding hydrogens is 629 g/mol. The summed E-state index contributed by atoms with van der Waals surface area (Å²) in [6.07, 6.45) is 0. The minimum atomic E-state index is 0.534. The van der Waals surface area contributed by atoms with Gasteiger partial charge in [-0.05, 0) is 48.5 Å². The molecule has 0 atom stereocenters. The minimum Gasteiger partial charge on any atom is -0.456 e. The standard InChI is InChI=1S/C45H26N4O2/c1-5-21-36-29(14-1)30-15-2-6-22-37(30)49(36)28-13-9-12-27(26-28)43-46-44(34-19-11-25-40-41(34)33-17-4-8-24-39(33)50-40)48-45(47-43)35-20-10-18-32-31-16-3-7-23-38(31)51-42(32)35/h1-26H. The van der Waals surface area contributed by atoms with Crippen molar-refractivity contribution in [1.29, 1.82) is 0 Å². The molecule has 7 aromatic carbocycles. The Morgan fingerprint density at radius 3 is 1.73 bits per heavy atom. The summed E-state index contributed by atoms with van der Waals surface area (Å²) in [7, 11) is 0. The van der Waals surface area contributed by atoms with Crippen LogP contribution in [0.3, 0.4) is 0 Å². The lowest BCUT2D eigenvalue weighted by Crippen LogP contribution is -2.01. The van der Waals surface area contributed by atoms with E-state index in [1.807, 2.05) is 60.7 Å². The van der Waals surface area contributed by atoms with Crippen LogP contribution in [0, 0.1) is 0 Å². The molecule has 0 saturated carbocycles. The Labute approximate surface area is 290 Å². The maximum Gasteiger partial charge on any atom is 0.167 e. The summed E-state index contributed by atoms with van der Waals surface area (Å²) in [6, 6.07) is 53.9. The fourth-order valence-corrected chi connectivity index (χ4v) is 7.61. The van der Waals surface area contributed by atoms with Crippen LogP contribution in [0.25, 0.3) is 106 Å². The summed E-state index contributed by atoms with van der Waals surface area (Å²) in [4.78, 5) is 15.6. The predicted molar refractivity (Wildman–Crippen MR) is 205 cm³/mol. The lowest BCUT2D eigenvalue weighted by Gasteiger charge is -2.12. The van der Waals surface area contributed by atoms with Crippen molar-refractivity contribution in [2.45, 2.75) is 0 Å². The largest absolute Gasteiger partial charge is 0.456 e. The van der Waals surface area contributed by atoms with Gasteiger partial charge in [-0.2, -0.15) is 0 Å². The van der Waals surface area contributed by atoms with Crippen molar-refractivity contribution in [3.05, 3.63) is 158 Å². The number of aromatic nitrogens is 4. The van der Waals surface area contributed by atoms with Crippen molar-refractivity contribution in [2.75, 3.05) is 0 Å². The number of furan rings is 2. The van der Waals surface area contributed by atoms with Crippen LogP contribution in [-0.2, 0) is 0 Å². The zero-order chi connectivity index (χ0) is 33.5. The van der Waals surface area contributed by atoms with E-state index in [9.17, 15) is 0 Å². The number of benzene rings is 7. The lowest BCUT2D eigenvalue weighted by atomic mass is 10.0. The molecule has 0 aliphatic carbocycles. The van der Waals surface area contributed by atoms with Gasteiger partial charge in [-0.15, -0.1) is 0 Å². The van der Waals surface area contributed by atoms with Crippen molar-refractivity contribution in [2.24, 2.45) is 0 Å². The van der Waals surface area contributed by atoms with Crippen LogP contribution in [0.4, 0.5) is 0 Å². The molecule has 0 amide bonds. The van der Waals surface area contributed by atoms with Gasteiger partial charge in [0.05, 0.1) is 16.6 Å².